The van der Waals surface area contributed by atoms with Gasteiger partial charge in [0.2, 0.25) is 0 Å². The molecule has 0 fully saturated rings. The number of pyridine rings is 1. The largest absolute Gasteiger partial charge is 0.496 e. The first-order chi connectivity index (χ1) is 12.7. The van der Waals surface area contributed by atoms with E-state index in [9.17, 15) is 4.79 Å². The van der Waals surface area contributed by atoms with E-state index < -0.39 is 0 Å². The molecule has 0 aliphatic heterocycles. The van der Waals surface area contributed by atoms with Crippen molar-refractivity contribution in [3.05, 3.63) is 66.0 Å². The highest BCUT2D eigenvalue weighted by Crippen LogP contribution is 2.43. The maximum Gasteiger partial charge on any atom is 0.167 e. The minimum absolute atomic E-state index is 0.609. The third-order valence-electron chi connectivity index (χ3n) is 4.85. The summed E-state index contributed by atoms with van der Waals surface area (Å²) in [6, 6.07) is 15.9. The number of hydrogen-bond acceptors (Lipinski definition) is 3. The molecule has 0 aliphatic rings. The van der Waals surface area contributed by atoms with Crippen LogP contribution in [-0.4, -0.2) is 24.9 Å². The molecule has 0 aliphatic carbocycles. The second-order valence-electron chi connectivity index (χ2n) is 6.21. The summed E-state index contributed by atoms with van der Waals surface area (Å²) in [7, 11) is 3.28. The van der Waals surface area contributed by atoms with Crippen LogP contribution < -0.4 is 9.47 Å². The third kappa shape index (κ3) is 2.26. The third-order valence-corrected chi connectivity index (χ3v) is 4.85. The van der Waals surface area contributed by atoms with Gasteiger partial charge in [0, 0.05) is 34.3 Å². The molecule has 0 amide bonds. The molecule has 26 heavy (non-hydrogen) atoms. The van der Waals surface area contributed by atoms with Gasteiger partial charge in [-0.2, -0.15) is 0 Å². The van der Waals surface area contributed by atoms with Crippen LogP contribution in [-0.2, 0) is 0 Å². The summed E-state index contributed by atoms with van der Waals surface area (Å²) < 4.78 is 13.1. The molecule has 4 nitrogen and oxygen atoms in total. The Bertz CT molecular complexity index is 1140. The Morgan fingerprint density at radius 2 is 1.65 bits per heavy atom. The summed E-state index contributed by atoms with van der Waals surface area (Å²) in [6.07, 6.45) is 2.81. The molecule has 0 atom stereocenters. The fourth-order valence-corrected chi connectivity index (χ4v) is 3.61. The van der Waals surface area contributed by atoms with Gasteiger partial charge in [0.1, 0.15) is 11.5 Å². The van der Waals surface area contributed by atoms with Gasteiger partial charge < -0.3 is 13.9 Å². The van der Waals surface area contributed by atoms with Crippen molar-refractivity contribution in [3.63, 3.8) is 0 Å². The number of carbonyl (C=O) groups is 1. The van der Waals surface area contributed by atoms with Gasteiger partial charge in [-0.05, 0) is 30.0 Å². The van der Waals surface area contributed by atoms with E-state index in [0.29, 0.717) is 11.4 Å². The zero-order valence-corrected chi connectivity index (χ0v) is 14.9. The molecule has 0 saturated carbocycles. The topological polar surface area (TPSA) is 39.9 Å². The lowest BCUT2D eigenvalue weighted by Gasteiger charge is -2.15. The van der Waals surface area contributed by atoms with Crippen LogP contribution in [0.1, 0.15) is 16.1 Å². The van der Waals surface area contributed by atoms with E-state index in [-0.39, 0.29) is 0 Å². The normalized spacial score (nSPS) is 11.0. The van der Waals surface area contributed by atoms with E-state index in [4.69, 9.17) is 9.47 Å². The number of fused-ring (bicyclic) bond motifs is 2. The molecule has 0 N–H and O–H groups in total. The standard InChI is InChI=1S/C22H19NO3/c1-14-7-6-10-23-18(14)11-17(19(23)13-24)22-16-9-5-4-8-15(16)20(25-2)12-21(22)26-3/h4-13H,1-3H3. The van der Waals surface area contributed by atoms with Crippen molar-refractivity contribution >= 4 is 22.6 Å². The maximum absolute atomic E-state index is 12.0. The van der Waals surface area contributed by atoms with Crippen LogP contribution in [0.3, 0.4) is 0 Å². The van der Waals surface area contributed by atoms with Gasteiger partial charge in [0.15, 0.2) is 6.29 Å². The van der Waals surface area contributed by atoms with Crippen molar-refractivity contribution < 1.29 is 14.3 Å². The highest BCUT2D eigenvalue weighted by atomic mass is 16.5. The molecular formula is C22H19NO3. The van der Waals surface area contributed by atoms with Crippen molar-refractivity contribution in [2.24, 2.45) is 0 Å². The molecular weight excluding hydrogens is 326 g/mol. The number of aryl methyl sites for hydroxylation is 1. The minimum Gasteiger partial charge on any atom is -0.496 e. The van der Waals surface area contributed by atoms with Crippen molar-refractivity contribution in [1.82, 2.24) is 4.40 Å². The molecule has 4 heteroatoms. The lowest BCUT2D eigenvalue weighted by atomic mass is 9.96. The Morgan fingerprint density at radius 3 is 2.35 bits per heavy atom. The van der Waals surface area contributed by atoms with Gasteiger partial charge in [-0.3, -0.25) is 4.79 Å². The van der Waals surface area contributed by atoms with Gasteiger partial charge in [0.05, 0.1) is 19.9 Å². The molecule has 130 valence electrons. The number of carbonyl (C=O) groups excluding carboxylic acids is 1. The lowest BCUT2D eigenvalue weighted by molar-refractivity contribution is 0.111. The summed E-state index contributed by atoms with van der Waals surface area (Å²) in [5.74, 6) is 1.42. The average Bonchev–Trinajstić information content (AvgIpc) is 3.06. The first kappa shape index (κ1) is 16.2. The number of aldehydes is 1. The van der Waals surface area contributed by atoms with Crippen LogP contribution in [0.25, 0.3) is 27.4 Å². The van der Waals surface area contributed by atoms with E-state index in [0.717, 1.165) is 45.0 Å². The number of aromatic nitrogens is 1. The van der Waals surface area contributed by atoms with Crippen LogP contribution in [0.15, 0.2) is 54.7 Å². The molecule has 2 aromatic heterocycles. The predicted octanol–water partition coefficient (Wildman–Crippen LogP) is 4.90. The number of hydrogen-bond donors (Lipinski definition) is 0. The monoisotopic (exact) mass is 345 g/mol. The average molecular weight is 345 g/mol. The predicted molar refractivity (Wildman–Crippen MR) is 104 cm³/mol. The van der Waals surface area contributed by atoms with Crippen LogP contribution in [0.5, 0.6) is 11.5 Å². The van der Waals surface area contributed by atoms with Crippen molar-refractivity contribution in [3.8, 4) is 22.6 Å². The van der Waals surface area contributed by atoms with Crippen molar-refractivity contribution in [1.29, 1.82) is 0 Å². The number of methoxy groups -OCH3 is 2. The Hall–Kier alpha value is -3.27. The summed E-state index contributed by atoms with van der Waals surface area (Å²) >= 11 is 0. The zero-order valence-electron chi connectivity index (χ0n) is 14.9. The van der Waals surface area contributed by atoms with Crippen LogP contribution >= 0.6 is 0 Å². The van der Waals surface area contributed by atoms with Crippen molar-refractivity contribution in [2.45, 2.75) is 6.92 Å². The number of benzene rings is 2. The first-order valence-corrected chi connectivity index (χ1v) is 8.39. The number of ether oxygens (including phenoxy) is 2. The summed E-state index contributed by atoms with van der Waals surface area (Å²) in [6.45, 7) is 2.04. The van der Waals surface area contributed by atoms with Crippen LogP contribution in [0.4, 0.5) is 0 Å². The summed E-state index contributed by atoms with van der Waals surface area (Å²) in [5, 5.41) is 1.97. The molecule has 2 heterocycles. The second-order valence-corrected chi connectivity index (χ2v) is 6.21. The quantitative estimate of drug-likeness (QED) is 0.494. The minimum atomic E-state index is 0.609. The Morgan fingerprint density at radius 1 is 0.923 bits per heavy atom. The lowest BCUT2D eigenvalue weighted by Crippen LogP contribution is -1.96. The maximum atomic E-state index is 12.0. The highest BCUT2D eigenvalue weighted by molar-refractivity contribution is 6.06. The zero-order chi connectivity index (χ0) is 18.3. The molecule has 4 aromatic rings. The smallest absolute Gasteiger partial charge is 0.167 e. The molecule has 2 aromatic carbocycles. The van der Waals surface area contributed by atoms with Crippen LogP contribution in [0, 0.1) is 6.92 Å². The van der Waals surface area contributed by atoms with Crippen LogP contribution in [0.2, 0.25) is 0 Å². The van der Waals surface area contributed by atoms with E-state index in [1.54, 1.807) is 14.2 Å². The fourth-order valence-electron chi connectivity index (χ4n) is 3.61. The van der Waals surface area contributed by atoms with Gasteiger partial charge in [-0.25, -0.2) is 0 Å². The molecule has 4 rings (SSSR count). The van der Waals surface area contributed by atoms with Gasteiger partial charge in [-0.1, -0.05) is 30.3 Å². The first-order valence-electron chi connectivity index (χ1n) is 8.39. The van der Waals surface area contributed by atoms with E-state index in [1.807, 2.05) is 60.0 Å². The number of rotatable bonds is 4. The van der Waals surface area contributed by atoms with Crippen molar-refractivity contribution in [2.75, 3.05) is 14.2 Å². The van der Waals surface area contributed by atoms with E-state index >= 15 is 0 Å². The summed E-state index contributed by atoms with van der Waals surface area (Å²) in [4.78, 5) is 12.0. The Labute approximate surface area is 151 Å². The Kier molecular flexibility index (Phi) is 3.88. The second kappa shape index (κ2) is 6.23. The van der Waals surface area contributed by atoms with E-state index in [1.165, 1.54) is 0 Å². The fraction of sp³-hybridized carbons (Fsp3) is 0.136. The molecule has 0 bridgehead atoms. The summed E-state index contributed by atoms with van der Waals surface area (Å²) in [5.41, 5.74) is 4.47. The molecule has 0 spiro atoms. The van der Waals surface area contributed by atoms with Gasteiger partial charge in [0.25, 0.3) is 0 Å². The van der Waals surface area contributed by atoms with E-state index in [2.05, 4.69) is 6.07 Å². The van der Waals surface area contributed by atoms with Gasteiger partial charge in [-0.15, -0.1) is 0 Å². The van der Waals surface area contributed by atoms with Gasteiger partial charge >= 0.3 is 0 Å². The Balaban J connectivity index is 2.17. The highest BCUT2D eigenvalue weighted by Gasteiger charge is 2.20. The molecule has 0 radical (unpaired) electrons. The molecule has 0 saturated heterocycles. The number of nitrogens with zero attached hydrogens (tertiary/aromatic N) is 1. The SMILES string of the molecule is COc1cc(OC)c2ccccc2c1-c1cc2c(C)cccn2c1C=O. The molecule has 0 unspecified atom stereocenters.